The molecule has 4 heteroatoms. The minimum absolute atomic E-state index is 0.208. The van der Waals surface area contributed by atoms with Gasteiger partial charge in [-0.15, -0.1) is 0 Å². The molecule has 1 aromatic carbocycles. The van der Waals surface area contributed by atoms with Crippen LogP contribution < -0.4 is 5.73 Å². The number of benzene rings is 1. The van der Waals surface area contributed by atoms with Gasteiger partial charge in [0.05, 0.1) is 6.61 Å². The summed E-state index contributed by atoms with van der Waals surface area (Å²) in [6, 6.07) is 6.05. The van der Waals surface area contributed by atoms with Gasteiger partial charge < -0.3 is 15.6 Å². The van der Waals surface area contributed by atoms with E-state index < -0.39 is 6.04 Å². The maximum Gasteiger partial charge on any atom is 0.323 e. The van der Waals surface area contributed by atoms with Crippen molar-refractivity contribution >= 4 is 5.97 Å². The first kappa shape index (κ1) is 12.9. The Kier molecular flexibility index (Phi) is 4.20. The smallest absolute Gasteiger partial charge is 0.323 e. The summed E-state index contributed by atoms with van der Waals surface area (Å²) in [5.41, 5.74) is 6.70. The zero-order valence-electron chi connectivity index (χ0n) is 10.3. The first-order valence-electron chi connectivity index (χ1n) is 6.35. The van der Waals surface area contributed by atoms with E-state index in [2.05, 4.69) is 0 Å². The molecule has 1 aliphatic rings. The summed E-state index contributed by atoms with van der Waals surface area (Å²) in [7, 11) is 0. The number of ether oxygens (including phenoxy) is 1. The Morgan fingerprint density at radius 1 is 1.39 bits per heavy atom. The van der Waals surface area contributed by atoms with E-state index in [1.807, 2.05) is 0 Å². The van der Waals surface area contributed by atoms with Crippen LogP contribution >= 0.6 is 0 Å². The zero-order valence-corrected chi connectivity index (χ0v) is 10.3. The van der Waals surface area contributed by atoms with Crippen LogP contribution in [0.2, 0.25) is 0 Å². The number of hydrogen-bond acceptors (Lipinski definition) is 4. The number of carbonyl (C=O) groups is 1. The van der Waals surface area contributed by atoms with E-state index >= 15 is 0 Å². The molecule has 2 rings (SSSR count). The lowest BCUT2D eigenvalue weighted by Gasteiger charge is -2.11. The Bertz CT molecular complexity index is 398. The third-order valence-electron chi connectivity index (χ3n) is 3.16. The van der Waals surface area contributed by atoms with Crippen LogP contribution in [0.15, 0.2) is 24.3 Å². The average molecular weight is 249 g/mol. The first-order chi connectivity index (χ1) is 8.65. The topological polar surface area (TPSA) is 72.5 Å². The highest BCUT2D eigenvalue weighted by atomic mass is 16.5. The molecule has 0 aromatic heterocycles. The van der Waals surface area contributed by atoms with Gasteiger partial charge in [0.2, 0.25) is 0 Å². The summed E-state index contributed by atoms with van der Waals surface area (Å²) in [4.78, 5) is 11.6. The van der Waals surface area contributed by atoms with Gasteiger partial charge in [-0.2, -0.15) is 0 Å². The second kappa shape index (κ2) is 5.87. The van der Waals surface area contributed by atoms with Crippen molar-refractivity contribution in [1.29, 1.82) is 0 Å². The fourth-order valence-electron chi connectivity index (χ4n) is 1.81. The quantitative estimate of drug-likeness (QED) is 0.751. The summed E-state index contributed by atoms with van der Waals surface area (Å²) < 4.78 is 5.14. The van der Waals surface area contributed by atoms with Crippen molar-refractivity contribution in [2.45, 2.75) is 31.7 Å². The van der Waals surface area contributed by atoms with Gasteiger partial charge in [-0.3, -0.25) is 4.79 Å². The summed E-state index contributed by atoms with van der Waals surface area (Å²) in [6.07, 6.45) is 3.91. The zero-order chi connectivity index (χ0) is 13.0. The van der Waals surface area contributed by atoms with Gasteiger partial charge in [-0.25, -0.2) is 0 Å². The van der Waals surface area contributed by atoms with E-state index in [1.165, 1.54) is 12.8 Å². The summed E-state index contributed by atoms with van der Waals surface area (Å²) >= 11 is 0. The molecule has 1 atom stereocenters. The van der Waals surface area contributed by atoms with Crippen LogP contribution in [-0.2, 0) is 16.0 Å². The number of aromatic hydroxyl groups is 1. The van der Waals surface area contributed by atoms with Crippen LogP contribution in [0.1, 0.15) is 24.8 Å². The van der Waals surface area contributed by atoms with Crippen LogP contribution in [0.4, 0.5) is 0 Å². The first-order valence-corrected chi connectivity index (χ1v) is 6.35. The Morgan fingerprint density at radius 3 is 2.67 bits per heavy atom. The van der Waals surface area contributed by atoms with Gasteiger partial charge in [0.15, 0.2) is 0 Å². The maximum absolute atomic E-state index is 11.6. The SMILES string of the molecule is N[C@@H](Cc1ccc(O)cc1)C(=O)OCCC1CC1. The molecule has 4 nitrogen and oxygen atoms in total. The average Bonchev–Trinajstić information content (AvgIpc) is 3.16. The van der Waals surface area contributed by atoms with Crippen molar-refractivity contribution in [1.82, 2.24) is 0 Å². The van der Waals surface area contributed by atoms with Crippen molar-refractivity contribution in [3.63, 3.8) is 0 Å². The number of phenolic OH excluding ortho intramolecular Hbond substituents is 1. The van der Waals surface area contributed by atoms with Crippen LogP contribution in [0, 0.1) is 5.92 Å². The van der Waals surface area contributed by atoms with Gasteiger partial charge >= 0.3 is 5.97 Å². The molecule has 0 heterocycles. The number of rotatable bonds is 6. The molecule has 1 aliphatic carbocycles. The van der Waals surface area contributed by atoms with Crippen LogP contribution in [0.5, 0.6) is 5.75 Å². The fraction of sp³-hybridized carbons (Fsp3) is 0.500. The highest BCUT2D eigenvalue weighted by Crippen LogP contribution is 2.32. The highest BCUT2D eigenvalue weighted by Gasteiger charge is 2.22. The molecule has 0 amide bonds. The summed E-state index contributed by atoms with van der Waals surface area (Å²) in [5, 5.41) is 9.15. The monoisotopic (exact) mass is 249 g/mol. The number of esters is 1. The minimum atomic E-state index is -0.631. The predicted molar refractivity (Wildman–Crippen MR) is 68.1 cm³/mol. The Morgan fingerprint density at radius 2 is 2.06 bits per heavy atom. The van der Waals surface area contributed by atoms with Crippen molar-refractivity contribution in [3.8, 4) is 5.75 Å². The predicted octanol–water partition coefficient (Wildman–Crippen LogP) is 1.61. The fourth-order valence-corrected chi connectivity index (χ4v) is 1.81. The highest BCUT2D eigenvalue weighted by molar-refractivity contribution is 5.75. The van der Waals surface area contributed by atoms with Crippen LogP contribution in [-0.4, -0.2) is 23.7 Å². The van der Waals surface area contributed by atoms with Gasteiger partial charge in [0.25, 0.3) is 0 Å². The molecular formula is C14H19NO3. The van der Waals surface area contributed by atoms with Gasteiger partial charge in [0, 0.05) is 0 Å². The molecule has 18 heavy (non-hydrogen) atoms. The number of nitrogens with two attached hydrogens (primary N) is 1. The molecule has 0 saturated heterocycles. The minimum Gasteiger partial charge on any atom is -0.508 e. The standard InChI is InChI=1S/C14H19NO3/c15-13(9-11-3-5-12(16)6-4-11)14(17)18-8-7-10-1-2-10/h3-6,10,13,16H,1-2,7-9,15H2/t13-/m0/s1. The molecule has 98 valence electrons. The lowest BCUT2D eigenvalue weighted by atomic mass is 10.1. The molecule has 1 fully saturated rings. The number of phenols is 1. The molecule has 0 radical (unpaired) electrons. The third-order valence-corrected chi connectivity index (χ3v) is 3.16. The van der Waals surface area contributed by atoms with Crippen molar-refractivity contribution in [3.05, 3.63) is 29.8 Å². The van der Waals surface area contributed by atoms with Crippen LogP contribution in [0.25, 0.3) is 0 Å². The van der Waals surface area contributed by atoms with Gasteiger partial charge in [-0.05, 0) is 36.5 Å². The molecule has 1 aromatic rings. The lowest BCUT2D eigenvalue weighted by molar-refractivity contribution is -0.145. The Hall–Kier alpha value is -1.55. The molecule has 1 saturated carbocycles. The van der Waals surface area contributed by atoms with Crippen molar-refractivity contribution in [2.75, 3.05) is 6.61 Å². The summed E-state index contributed by atoms with van der Waals surface area (Å²) in [6.45, 7) is 0.479. The van der Waals surface area contributed by atoms with Crippen molar-refractivity contribution in [2.24, 2.45) is 11.7 Å². The van der Waals surface area contributed by atoms with E-state index in [9.17, 15) is 4.79 Å². The third kappa shape index (κ3) is 4.04. The maximum atomic E-state index is 11.6. The van der Waals surface area contributed by atoms with E-state index in [0.29, 0.717) is 13.0 Å². The number of hydrogen-bond donors (Lipinski definition) is 2. The molecule has 0 bridgehead atoms. The number of carbonyl (C=O) groups excluding carboxylic acids is 1. The molecular weight excluding hydrogens is 230 g/mol. The largest absolute Gasteiger partial charge is 0.508 e. The van der Waals surface area contributed by atoms with E-state index in [-0.39, 0.29) is 11.7 Å². The molecule has 0 spiro atoms. The Labute approximate surface area is 107 Å². The Balaban J connectivity index is 1.73. The van der Waals surface area contributed by atoms with E-state index in [1.54, 1.807) is 24.3 Å². The normalized spacial score (nSPS) is 16.3. The second-order valence-corrected chi connectivity index (χ2v) is 4.88. The second-order valence-electron chi connectivity index (χ2n) is 4.88. The van der Waals surface area contributed by atoms with E-state index in [4.69, 9.17) is 15.6 Å². The molecule has 0 unspecified atom stereocenters. The van der Waals surface area contributed by atoms with E-state index in [0.717, 1.165) is 17.9 Å². The van der Waals surface area contributed by atoms with Gasteiger partial charge in [0.1, 0.15) is 11.8 Å². The molecule has 0 aliphatic heterocycles. The van der Waals surface area contributed by atoms with Crippen molar-refractivity contribution < 1.29 is 14.6 Å². The van der Waals surface area contributed by atoms with Gasteiger partial charge in [-0.1, -0.05) is 25.0 Å². The molecule has 3 N–H and O–H groups in total. The summed E-state index contributed by atoms with van der Waals surface area (Å²) in [5.74, 6) is 0.620. The van der Waals surface area contributed by atoms with Crippen LogP contribution in [0.3, 0.4) is 0 Å². The lowest BCUT2D eigenvalue weighted by Crippen LogP contribution is -2.34.